The Kier molecular flexibility index (Phi) is 11.9. The van der Waals surface area contributed by atoms with Gasteiger partial charge < -0.3 is 0 Å². The van der Waals surface area contributed by atoms with Gasteiger partial charge in [0.2, 0.25) is 0 Å². The Morgan fingerprint density at radius 3 is 2.03 bits per heavy atom. The molecular weight excluding hydrogens is 497 g/mol. The summed E-state index contributed by atoms with van der Waals surface area (Å²) in [5.41, 5.74) is -1.39. The van der Waals surface area contributed by atoms with E-state index in [9.17, 15) is 9.90 Å². The summed E-state index contributed by atoms with van der Waals surface area (Å²) in [4.78, 5) is 14.5. The Hall–Kier alpha value is -0.271. The zero-order valence-corrected chi connectivity index (χ0v) is 24.4. The van der Waals surface area contributed by atoms with Gasteiger partial charge in [0.1, 0.15) is 0 Å². The Balaban J connectivity index is 3.09. The molecule has 31 heavy (non-hydrogen) atoms. The van der Waals surface area contributed by atoms with Gasteiger partial charge in [-0.1, -0.05) is 0 Å². The normalized spacial score (nSPS) is 20.4. The van der Waals surface area contributed by atoms with Crippen molar-refractivity contribution >= 4 is 24.5 Å². The third-order valence-corrected chi connectivity index (χ3v) is 20.4. The number of unbranched alkanes of at least 4 members (excludes halogenated alkanes) is 3. The molecule has 1 rings (SSSR count). The minimum atomic E-state index is -2.50. The second-order valence-corrected chi connectivity index (χ2v) is 23.7. The molecule has 2 atom stereocenters. The van der Waals surface area contributed by atoms with Crippen LogP contribution in [0.3, 0.4) is 0 Å². The number of aliphatic hydroxyl groups is 1. The zero-order chi connectivity index (χ0) is 23.7. The fourth-order valence-corrected chi connectivity index (χ4v) is 18.7. The molecule has 1 amide bonds. The molecule has 1 aliphatic rings. The van der Waals surface area contributed by atoms with E-state index >= 15 is 0 Å². The Morgan fingerprint density at radius 1 is 1.13 bits per heavy atom. The van der Waals surface area contributed by atoms with Crippen molar-refractivity contribution in [3.05, 3.63) is 10.2 Å². The van der Waals surface area contributed by atoms with Gasteiger partial charge >= 0.3 is 196 Å². The molecule has 0 bridgehead atoms. The average molecular weight is 546 g/mol. The van der Waals surface area contributed by atoms with Gasteiger partial charge in [-0.3, -0.25) is 0 Å². The average Bonchev–Trinajstić information content (AvgIpc) is 3.00. The van der Waals surface area contributed by atoms with Crippen LogP contribution in [0.4, 0.5) is 4.79 Å². The van der Waals surface area contributed by atoms with Crippen LogP contribution in [-0.2, 0) is 9.47 Å². The Labute approximate surface area is 195 Å². The van der Waals surface area contributed by atoms with Crippen LogP contribution in [0.15, 0.2) is 10.2 Å². The van der Waals surface area contributed by atoms with E-state index in [1.165, 1.54) is 51.8 Å². The number of amides is 1. The van der Waals surface area contributed by atoms with Crippen LogP contribution in [0.2, 0.25) is 13.3 Å². The predicted molar refractivity (Wildman–Crippen MR) is 132 cm³/mol. The fourth-order valence-electron chi connectivity index (χ4n) is 4.39. The zero-order valence-electron chi connectivity index (χ0n) is 21.5. The van der Waals surface area contributed by atoms with E-state index in [0.29, 0.717) is 6.61 Å². The van der Waals surface area contributed by atoms with Gasteiger partial charge in [-0.2, -0.15) is 0 Å². The van der Waals surface area contributed by atoms with E-state index < -0.39 is 47.9 Å². The van der Waals surface area contributed by atoms with Crippen LogP contribution in [0.25, 0.3) is 0 Å². The van der Waals surface area contributed by atoms with Crippen molar-refractivity contribution in [2.75, 3.05) is 6.61 Å². The summed E-state index contributed by atoms with van der Waals surface area (Å²) in [5, 5.41) is 11.2. The number of hydrogen-bond donors (Lipinski definition) is 1. The van der Waals surface area contributed by atoms with Gasteiger partial charge in [-0.15, -0.1) is 0 Å². The quantitative estimate of drug-likeness (QED) is 0.278. The minimum absolute atomic E-state index is 0.319. The van der Waals surface area contributed by atoms with Crippen molar-refractivity contribution in [2.45, 2.75) is 131 Å². The molecule has 1 aliphatic heterocycles. The van der Waals surface area contributed by atoms with Crippen LogP contribution in [0.5, 0.6) is 0 Å². The van der Waals surface area contributed by atoms with Crippen molar-refractivity contribution in [3.8, 4) is 0 Å². The summed E-state index contributed by atoms with van der Waals surface area (Å²) < 4.78 is 18.1. The summed E-state index contributed by atoms with van der Waals surface area (Å²) in [7, 11) is 0. The van der Waals surface area contributed by atoms with Crippen LogP contribution in [0.1, 0.15) is 93.9 Å². The van der Waals surface area contributed by atoms with Crippen molar-refractivity contribution in [2.24, 2.45) is 0 Å². The van der Waals surface area contributed by atoms with Gasteiger partial charge in [-0.25, -0.2) is 0 Å². The van der Waals surface area contributed by atoms with E-state index in [0.717, 1.165) is 0 Å². The standard InChI is InChI=1S/C13H22NO4.3C4H9.Sn/c1-7-10(15)9-8-17-13(5,6)14(9)11(16)18-12(2,3)4;3*1-3-4-2;/h1,7,9-10,15H,8H2,2-6H3;3*1,3-4H2,2H3;/t9-,10+;;;;/m1..../s1. The molecule has 0 aromatic carbocycles. The summed E-state index contributed by atoms with van der Waals surface area (Å²) in [6, 6.07) is -0.423. The summed E-state index contributed by atoms with van der Waals surface area (Å²) in [6.07, 6.45) is 8.39. The van der Waals surface area contributed by atoms with E-state index in [1.54, 1.807) is 4.90 Å². The summed E-state index contributed by atoms with van der Waals surface area (Å²) in [5.74, 6) is 0. The first-order chi connectivity index (χ1) is 14.4. The maximum absolute atomic E-state index is 12.9. The predicted octanol–water partition coefficient (Wildman–Crippen LogP) is 6.66. The number of hydrogen-bond acceptors (Lipinski definition) is 4. The van der Waals surface area contributed by atoms with Gasteiger partial charge in [0.05, 0.1) is 0 Å². The topological polar surface area (TPSA) is 59.0 Å². The van der Waals surface area contributed by atoms with Gasteiger partial charge in [0, 0.05) is 0 Å². The first-order valence-corrected chi connectivity index (χ1v) is 20.1. The number of aliphatic hydroxyl groups excluding tert-OH is 1. The van der Waals surface area contributed by atoms with Gasteiger partial charge in [-0.05, 0) is 0 Å². The van der Waals surface area contributed by atoms with Crippen LogP contribution in [-0.4, -0.2) is 64.6 Å². The number of nitrogens with zero attached hydrogens (tertiary/aromatic N) is 1. The SMILES string of the molecule is CCC[CH2][Sn](/[CH]=C/[C@H](O)[C@H]1COC(C)(C)N1C(=O)OC(C)(C)C)([CH2]CCC)[CH2]CCC. The molecule has 0 saturated carbocycles. The second kappa shape index (κ2) is 12.8. The molecule has 5 nitrogen and oxygen atoms in total. The van der Waals surface area contributed by atoms with Gasteiger partial charge in [0.15, 0.2) is 0 Å². The molecule has 182 valence electrons. The van der Waals surface area contributed by atoms with Crippen molar-refractivity contribution < 1.29 is 19.4 Å². The van der Waals surface area contributed by atoms with Gasteiger partial charge in [0.25, 0.3) is 0 Å². The number of carbonyl (C=O) groups excluding carboxylic acids is 1. The fraction of sp³-hybridized carbons (Fsp3) is 0.880. The molecule has 1 heterocycles. The van der Waals surface area contributed by atoms with Crippen molar-refractivity contribution in [1.82, 2.24) is 4.90 Å². The molecule has 0 aromatic rings. The first kappa shape index (κ1) is 28.8. The van der Waals surface area contributed by atoms with Crippen LogP contribution >= 0.6 is 0 Å². The molecule has 0 radical (unpaired) electrons. The molecular formula is C25H49NO4Sn. The number of rotatable bonds is 12. The molecule has 1 N–H and O–H groups in total. The second-order valence-electron chi connectivity index (χ2n) is 10.7. The Morgan fingerprint density at radius 2 is 1.61 bits per heavy atom. The molecule has 1 saturated heterocycles. The maximum atomic E-state index is 12.9. The van der Waals surface area contributed by atoms with E-state index in [1.807, 2.05) is 40.7 Å². The third-order valence-electron chi connectivity index (χ3n) is 6.24. The third kappa shape index (κ3) is 9.24. The Bertz CT molecular complexity index is 549. The van der Waals surface area contributed by atoms with Crippen molar-refractivity contribution in [3.63, 3.8) is 0 Å². The summed E-state index contributed by atoms with van der Waals surface area (Å²) >= 11 is -2.50. The number of ether oxygens (including phenoxy) is 2. The molecule has 0 aromatic heterocycles. The van der Waals surface area contributed by atoms with Crippen molar-refractivity contribution in [1.29, 1.82) is 0 Å². The molecule has 0 unspecified atom stereocenters. The molecule has 0 spiro atoms. The van der Waals surface area contributed by atoms with E-state index in [4.69, 9.17) is 9.47 Å². The van der Waals surface area contributed by atoms with Crippen LogP contribution < -0.4 is 0 Å². The molecule has 0 aliphatic carbocycles. The molecule has 1 fully saturated rings. The summed E-state index contributed by atoms with van der Waals surface area (Å²) in [6.45, 7) is 16.4. The molecule has 6 heteroatoms. The monoisotopic (exact) mass is 547 g/mol. The van der Waals surface area contributed by atoms with E-state index in [2.05, 4.69) is 24.9 Å². The van der Waals surface area contributed by atoms with Crippen LogP contribution in [0, 0.1) is 0 Å². The first-order valence-electron chi connectivity index (χ1n) is 12.4. The van der Waals surface area contributed by atoms with E-state index in [-0.39, 0.29) is 0 Å². The number of carbonyl (C=O) groups is 1.